The summed E-state index contributed by atoms with van der Waals surface area (Å²) in [5.41, 5.74) is 5.59. The van der Waals surface area contributed by atoms with Gasteiger partial charge in [-0.3, -0.25) is 9.59 Å². The Morgan fingerprint density at radius 2 is 1.94 bits per heavy atom. The van der Waals surface area contributed by atoms with Crippen LogP contribution < -0.4 is 11.1 Å². The number of carbonyl (C=O) groups is 2. The summed E-state index contributed by atoms with van der Waals surface area (Å²) in [5.74, 6) is -0.819. The van der Waals surface area contributed by atoms with Crippen molar-refractivity contribution in [3.05, 3.63) is 0 Å². The average molecular weight is 242 g/mol. The lowest BCUT2D eigenvalue weighted by Gasteiger charge is -2.26. The summed E-state index contributed by atoms with van der Waals surface area (Å²) in [6.07, 6.45) is 3.75. The van der Waals surface area contributed by atoms with Crippen LogP contribution in [0.1, 0.15) is 32.6 Å². The van der Waals surface area contributed by atoms with Crippen LogP contribution >= 0.6 is 0 Å². The first-order valence-electron chi connectivity index (χ1n) is 6.25. The molecule has 1 aliphatic carbocycles. The molecule has 0 heterocycles. The molecule has 0 aromatic heterocycles. The summed E-state index contributed by atoms with van der Waals surface area (Å²) in [5, 5.41) is 11.4. The van der Waals surface area contributed by atoms with Gasteiger partial charge in [0.25, 0.3) is 0 Å². The van der Waals surface area contributed by atoms with E-state index < -0.39 is 11.9 Å². The lowest BCUT2D eigenvalue weighted by atomic mass is 9.81. The van der Waals surface area contributed by atoms with Crippen LogP contribution in [0.15, 0.2) is 0 Å². The summed E-state index contributed by atoms with van der Waals surface area (Å²) >= 11 is 0. The van der Waals surface area contributed by atoms with Gasteiger partial charge in [0.05, 0.1) is 5.92 Å². The number of hydrogen-bond acceptors (Lipinski definition) is 3. The lowest BCUT2D eigenvalue weighted by molar-refractivity contribution is -0.141. The van der Waals surface area contributed by atoms with Gasteiger partial charge in [0.15, 0.2) is 0 Å². The molecule has 1 fully saturated rings. The van der Waals surface area contributed by atoms with E-state index in [4.69, 9.17) is 10.8 Å². The SMILES string of the molecule is CC(CNC(=O)C1CCC(CN)CC1)C(=O)O. The number of carbonyl (C=O) groups excluding carboxylic acids is 1. The number of amides is 1. The van der Waals surface area contributed by atoms with Gasteiger partial charge in [-0.15, -0.1) is 0 Å². The molecule has 0 spiro atoms. The Bertz CT molecular complexity index is 273. The van der Waals surface area contributed by atoms with Gasteiger partial charge in [0.1, 0.15) is 0 Å². The summed E-state index contributed by atoms with van der Waals surface area (Å²) in [4.78, 5) is 22.4. The van der Waals surface area contributed by atoms with Crippen LogP contribution in [-0.2, 0) is 9.59 Å². The predicted octanol–water partition coefficient (Wildman–Crippen LogP) is 0.588. The van der Waals surface area contributed by atoms with Gasteiger partial charge < -0.3 is 16.2 Å². The Labute approximate surface area is 102 Å². The number of aliphatic carboxylic acids is 1. The summed E-state index contributed by atoms with van der Waals surface area (Å²) in [7, 11) is 0. The van der Waals surface area contributed by atoms with Crippen LogP contribution in [0.3, 0.4) is 0 Å². The molecule has 1 rings (SSSR count). The highest BCUT2D eigenvalue weighted by Gasteiger charge is 2.25. The summed E-state index contributed by atoms with van der Waals surface area (Å²) in [6.45, 7) is 2.50. The molecule has 1 unspecified atom stereocenters. The molecule has 0 bridgehead atoms. The molecule has 1 saturated carbocycles. The number of carboxylic acid groups (broad SMARTS) is 1. The fourth-order valence-corrected chi connectivity index (χ4v) is 2.15. The third-order valence-electron chi connectivity index (χ3n) is 3.55. The van der Waals surface area contributed by atoms with E-state index in [1.807, 2.05) is 0 Å². The lowest BCUT2D eigenvalue weighted by Crippen LogP contribution is -2.37. The first-order valence-corrected chi connectivity index (χ1v) is 6.25. The highest BCUT2D eigenvalue weighted by atomic mass is 16.4. The smallest absolute Gasteiger partial charge is 0.308 e. The summed E-state index contributed by atoms with van der Waals surface area (Å²) < 4.78 is 0. The first-order chi connectivity index (χ1) is 8.04. The normalized spacial score (nSPS) is 26.2. The van der Waals surface area contributed by atoms with Gasteiger partial charge in [-0.1, -0.05) is 6.92 Å². The molecular formula is C12H22N2O3. The molecule has 5 heteroatoms. The van der Waals surface area contributed by atoms with Crippen molar-refractivity contribution >= 4 is 11.9 Å². The maximum absolute atomic E-state index is 11.8. The standard InChI is InChI=1S/C12H22N2O3/c1-8(12(16)17)7-14-11(15)10-4-2-9(6-13)3-5-10/h8-10H,2-7,13H2,1H3,(H,14,15)(H,16,17). The Hall–Kier alpha value is -1.10. The Morgan fingerprint density at radius 3 is 2.41 bits per heavy atom. The number of hydrogen-bond donors (Lipinski definition) is 3. The molecule has 1 atom stereocenters. The third kappa shape index (κ3) is 4.34. The quantitative estimate of drug-likeness (QED) is 0.658. The van der Waals surface area contributed by atoms with Crippen LogP contribution in [0.5, 0.6) is 0 Å². The van der Waals surface area contributed by atoms with E-state index in [0.717, 1.165) is 25.7 Å². The molecule has 0 aliphatic heterocycles. The molecule has 0 aromatic rings. The molecule has 0 radical (unpaired) electrons. The van der Waals surface area contributed by atoms with Crippen molar-refractivity contribution in [3.8, 4) is 0 Å². The van der Waals surface area contributed by atoms with Gasteiger partial charge in [-0.05, 0) is 38.1 Å². The van der Waals surface area contributed by atoms with Gasteiger partial charge >= 0.3 is 5.97 Å². The van der Waals surface area contributed by atoms with Crippen LogP contribution in [0.25, 0.3) is 0 Å². The van der Waals surface area contributed by atoms with Crippen molar-refractivity contribution in [1.29, 1.82) is 0 Å². The fourth-order valence-electron chi connectivity index (χ4n) is 2.15. The largest absolute Gasteiger partial charge is 0.481 e. The molecule has 98 valence electrons. The monoisotopic (exact) mass is 242 g/mol. The molecule has 0 saturated heterocycles. The van der Waals surface area contributed by atoms with Crippen LogP contribution in [0.4, 0.5) is 0 Å². The van der Waals surface area contributed by atoms with Crippen LogP contribution in [0, 0.1) is 17.8 Å². The topological polar surface area (TPSA) is 92.4 Å². The van der Waals surface area contributed by atoms with Crippen molar-refractivity contribution < 1.29 is 14.7 Å². The molecule has 4 N–H and O–H groups in total. The number of rotatable bonds is 5. The maximum atomic E-state index is 11.8. The molecule has 1 aliphatic rings. The van der Waals surface area contributed by atoms with E-state index in [9.17, 15) is 9.59 Å². The van der Waals surface area contributed by atoms with E-state index in [1.165, 1.54) is 0 Å². The second kappa shape index (κ2) is 6.59. The van der Waals surface area contributed by atoms with Crippen molar-refractivity contribution in [2.24, 2.45) is 23.5 Å². The zero-order valence-corrected chi connectivity index (χ0v) is 10.3. The maximum Gasteiger partial charge on any atom is 0.308 e. The van der Waals surface area contributed by atoms with E-state index in [2.05, 4.69) is 5.32 Å². The minimum absolute atomic E-state index is 0.00595. The third-order valence-corrected chi connectivity index (χ3v) is 3.55. The average Bonchev–Trinajstić information content (AvgIpc) is 2.35. The van der Waals surface area contributed by atoms with E-state index >= 15 is 0 Å². The highest BCUT2D eigenvalue weighted by molar-refractivity contribution is 5.79. The Kier molecular flexibility index (Phi) is 5.41. The van der Waals surface area contributed by atoms with E-state index in [-0.39, 0.29) is 18.4 Å². The predicted molar refractivity (Wildman–Crippen MR) is 64.3 cm³/mol. The Balaban J connectivity index is 2.27. The van der Waals surface area contributed by atoms with E-state index in [1.54, 1.807) is 6.92 Å². The number of nitrogens with one attached hydrogen (secondary N) is 1. The van der Waals surface area contributed by atoms with Crippen molar-refractivity contribution in [1.82, 2.24) is 5.32 Å². The summed E-state index contributed by atoms with van der Waals surface area (Å²) in [6, 6.07) is 0. The highest BCUT2D eigenvalue weighted by Crippen LogP contribution is 2.28. The van der Waals surface area contributed by atoms with Crippen molar-refractivity contribution in [2.75, 3.05) is 13.1 Å². The van der Waals surface area contributed by atoms with Crippen LogP contribution in [0.2, 0.25) is 0 Å². The second-order valence-electron chi connectivity index (χ2n) is 4.94. The van der Waals surface area contributed by atoms with Crippen molar-refractivity contribution in [3.63, 3.8) is 0 Å². The molecule has 17 heavy (non-hydrogen) atoms. The molecule has 1 amide bonds. The zero-order chi connectivity index (χ0) is 12.8. The number of carboxylic acids is 1. The molecular weight excluding hydrogens is 220 g/mol. The second-order valence-corrected chi connectivity index (χ2v) is 4.94. The molecule has 5 nitrogen and oxygen atoms in total. The zero-order valence-electron chi connectivity index (χ0n) is 10.3. The van der Waals surface area contributed by atoms with Gasteiger partial charge in [0.2, 0.25) is 5.91 Å². The number of nitrogens with two attached hydrogens (primary N) is 1. The van der Waals surface area contributed by atoms with Crippen molar-refractivity contribution in [2.45, 2.75) is 32.6 Å². The fraction of sp³-hybridized carbons (Fsp3) is 0.833. The van der Waals surface area contributed by atoms with Crippen LogP contribution in [-0.4, -0.2) is 30.1 Å². The minimum Gasteiger partial charge on any atom is -0.481 e. The van der Waals surface area contributed by atoms with Gasteiger partial charge in [0, 0.05) is 12.5 Å². The Morgan fingerprint density at radius 1 is 1.35 bits per heavy atom. The molecule has 0 aromatic carbocycles. The van der Waals surface area contributed by atoms with Gasteiger partial charge in [-0.2, -0.15) is 0 Å². The van der Waals surface area contributed by atoms with Gasteiger partial charge in [-0.25, -0.2) is 0 Å². The minimum atomic E-state index is -0.878. The van der Waals surface area contributed by atoms with E-state index in [0.29, 0.717) is 12.5 Å². The first kappa shape index (κ1) is 14.0.